The van der Waals surface area contributed by atoms with Gasteiger partial charge in [0, 0.05) is 20.3 Å². The Hall–Kier alpha value is -1.18. The number of nitrogens with one attached hydrogen (secondary N) is 1. The Kier molecular flexibility index (Phi) is 7.31. The van der Waals surface area contributed by atoms with Crippen molar-refractivity contribution in [1.29, 1.82) is 0 Å². The molecule has 102 valence electrons. The van der Waals surface area contributed by atoms with Crippen molar-refractivity contribution in [1.82, 2.24) is 4.98 Å². The van der Waals surface area contributed by atoms with E-state index >= 15 is 0 Å². The molecule has 0 amide bonds. The van der Waals surface area contributed by atoms with Gasteiger partial charge in [-0.25, -0.2) is 9.78 Å². The number of methoxy groups -OCH3 is 1. The fourth-order valence-corrected chi connectivity index (χ4v) is 1.90. The molecule has 0 aliphatic carbocycles. The topological polar surface area (TPSA) is 80.7 Å². The van der Waals surface area contributed by atoms with E-state index in [9.17, 15) is 4.79 Å². The summed E-state index contributed by atoms with van der Waals surface area (Å²) in [5, 5.41) is 12.5. The van der Waals surface area contributed by atoms with Gasteiger partial charge in [-0.3, -0.25) is 0 Å². The molecule has 0 aromatic carbocycles. The van der Waals surface area contributed by atoms with E-state index in [1.807, 2.05) is 0 Å². The molecule has 6 nitrogen and oxygen atoms in total. The van der Waals surface area contributed by atoms with Crippen LogP contribution in [0.5, 0.6) is 0 Å². The van der Waals surface area contributed by atoms with E-state index in [0.29, 0.717) is 25.0 Å². The van der Waals surface area contributed by atoms with Gasteiger partial charge in [0.2, 0.25) is 0 Å². The monoisotopic (exact) mass is 274 g/mol. The lowest BCUT2D eigenvalue weighted by Gasteiger charge is -2.04. The molecular formula is C11H18N2O4S. The van der Waals surface area contributed by atoms with Crippen molar-refractivity contribution in [3.8, 4) is 0 Å². The Morgan fingerprint density at radius 1 is 1.44 bits per heavy atom. The Bertz CT molecular complexity index is 357. The second kappa shape index (κ2) is 8.84. The molecule has 0 atom stereocenters. The van der Waals surface area contributed by atoms with Crippen molar-refractivity contribution in [2.45, 2.75) is 12.8 Å². The SMILES string of the molecule is COCCOCCCCNc1ncc(C(=O)O)s1. The van der Waals surface area contributed by atoms with Gasteiger partial charge in [-0.1, -0.05) is 11.3 Å². The molecule has 0 saturated carbocycles. The van der Waals surface area contributed by atoms with Crippen LogP contribution in [-0.4, -0.2) is 49.5 Å². The Morgan fingerprint density at radius 3 is 2.94 bits per heavy atom. The molecule has 0 aliphatic rings. The van der Waals surface area contributed by atoms with Gasteiger partial charge in [-0.2, -0.15) is 0 Å². The zero-order valence-corrected chi connectivity index (χ0v) is 11.2. The number of anilines is 1. The molecule has 18 heavy (non-hydrogen) atoms. The molecule has 7 heteroatoms. The second-order valence-electron chi connectivity index (χ2n) is 3.57. The maximum atomic E-state index is 10.6. The minimum Gasteiger partial charge on any atom is -0.477 e. The van der Waals surface area contributed by atoms with E-state index < -0.39 is 5.97 Å². The van der Waals surface area contributed by atoms with Crippen LogP contribution < -0.4 is 5.32 Å². The van der Waals surface area contributed by atoms with E-state index in [-0.39, 0.29) is 4.88 Å². The van der Waals surface area contributed by atoms with Gasteiger partial charge in [-0.05, 0) is 12.8 Å². The Morgan fingerprint density at radius 2 is 2.28 bits per heavy atom. The summed E-state index contributed by atoms with van der Waals surface area (Å²) < 4.78 is 10.2. The number of unbranched alkanes of at least 4 members (excludes halogenated alkanes) is 1. The van der Waals surface area contributed by atoms with Gasteiger partial charge in [-0.15, -0.1) is 0 Å². The minimum absolute atomic E-state index is 0.250. The van der Waals surface area contributed by atoms with Crippen molar-refractivity contribution >= 4 is 22.4 Å². The fraction of sp³-hybridized carbons (Fsp3) is 0.636. The van der Waals surface area contributed by atoms with Crippen LogP contribution in [0.2, 0.25) is 0 Å². The standard InChI is InChI=1S/C11H18N2O4S/c1-16-6-7-17-5-3-2-4-12-11-13-8-9(18-11)10(14)15/h8H,2-7H2,1H3,(H,12,13)(H,14,15). The highest BCUT2D eigenvalue weighted by atomic mass is 32.1. The largest absolute Gasteiger partial charge is 0.477 e. The number of nitrogens with zero attached hydrogens (tertiary/aromatic N) is 1. The molecule has 0 fully saturated rings. The molecule has 0 aliphatic heterocycles. The van der Waals surface area contributed by atoms with E-state index in [1.54, 1.807) is 7.11 Å². The smallest absolute Gasteiger partial charge is 0.347 e. The van der Waals surface area contributed by atoms with E-state index in [1.165, 1.54) is 6.20 Å². The van der Waals surface area contributed by atoms with Gasteiger partial charge in [0.15, 0.2) is 5.13 Å². The summed E-state index contributed by atoms with van der Waals surface area (Å²) in [7, 11) is 1.65. The molecule has 0 bridgehead atoms. The number of carbonyl (C=O) groups is 1. The fourth-order valence-electron chi connectivity index (χ4n) is 1.22. The molecule has 0 unspecified atom stereocenters. The van der Waals surface area contributed by atoms with Crippen molar-refractivity contribution in [3.63, 3.8) is 0 Å². The summed E-state index contributed by atoms with van der Waals surface area (Å²) in [6.07, 6.45) is 3.27. The quantitative estimate of drug-likeness (QED) is 0.632. The summed E-state index contributed by atoms with van der Waals surface area (Å²) in [6.45, 7) is 2.72. The first-order valence-electron chi connectivity index (χ1n) is 5.73. The van der Waals surface area contributed by atoms with Crippen LogP contribution in [0.25, 0.3) is 0 Å². The molecule has 1 aromatic heterocycles. The van der Waals surface area contributed by atoms with Crippen LogP contribution in [0.3, 0.4) is 0 Å². The summed E-state index contributed by atoms with van der Waals surface area (Å²) in [5.41, 5.74) is 0. The molecule has 0 spiro atoms. The number of rotatable bonds is 10. The van der Waals surface area contributed by atoms with Gasteiger partial charge in [0.25, 0.3) is 0 Å². The van der Waals surface area contributed by atoms with Crippen molar-refractivity contribution < 1.29 is 19.4 Å². The number of aromatic nitrogens is 1. The molecule has 0 saturated heterocycles. The lowest BCUT2D eigenvalue weighted by Crippen LogP contribution is -2.06. The first kappa shape index (κ1) is 14.9. The average molecular weight is 274 g/mol. The number of aromatic carboxylic acids is 1. The normalized spacial score (nSPS) is 10.5. The predicted octanol–water partition coefficient (Wildman–Crippen LogP) is 1.70. The summed E-state index contributed by atoms with van der Waals surface area (Å²) >= 11 is 1.15. The number of hydrogen-bond donors (Lipinski definition) is 2. The predicted molar refractivity (Wildman–Crippen MR) is 69.5 cm³/mol. The lowest BCUT2D eigenvalue weighted by molar-refractivity contribution is 0.0691. The van der Waals surface area contributed by atoms with E-state index in [4.69, 9.17) is 14.6 Å². The number of ether oxygens (including phenoxy) is 2. The maximum absolute atomic E-state index is 10.6. The number of thiazole rings is 1. The number of carboxylic acids is 1. The highest BCUT2D eigenvalue weighted by molar-refractivity contribution is 7.17. The number of carboxylic acid groups (broad SMARTS) is 1. The summed E-state index contributed by atoms with van der Waals surface area (Å²) in [4.78, 5) is 14.9. The molecule has 1 rings (SSSR count). The zero-order valence-electron chi connectivity index (χ0n) is 10.3. The van der Waals surface area contributed by atoms with Crippen molar-refractivity contribution in [3.05, 3.63) is 11.1 Å². The Labute approximate surface area is 110 Å². The molecular weight excluding hydrogens is 256 g/mol. The summed E-state index contributed by atoms with van der Waals surface area (Å²) in [6, 6.07) is 0. The first-order chi connectivity index (χ1) is 8.74. The third-order valence-electron chi connectivity index (χ3n) is 2.14. The van der Waals surface area contributed by atoms with Gasteiger partial charge < -0.3 is 19.9 Å². The van der Waals surface area contributed by atoms with Crippen LogP contribution in [0, 0.1) is 0 Å². The van der Waals surface area contributed by atoms with Gasteiger partial charge in [0.05, 0.1) is 19.4 Å². The third-order valence-corrected chi connectivity index (χ3v) is 3.08. The highest BCUT2D eigenvalue weighted by Crippen LogP contribution is 2.17. The van der Waals surface area contributed by atoms with Crippen LogP contribution in [0.1, 0.15) is 22.5 Å². The third kappa shape index (κ3) is 5.95. The van der Waals surface area contributed by atoms with Crippen LogP contribution in [0.4, 0.5) is 5.13 Å². The van der Waals surface area contributed by atoms with Gasteiger partial charge in [0.1, 0.15) is 4.88 Å². The second-order valence-corrected chi connectivity index (χ2v) is 4.60. The Balaban J connectivity index is 2.02. The van der Waals surface area contributed by atoms with Crippen molar-refractivity contribution in [2.75, 3.05) is 38.8 Å². The van der Waals surface area contributed by atoms with E-state index in [2.05, 4.69) is 10.3 Å². The van der Waals surface area contributed by atoms with Crippen LogP contribution >= 0.6 is 11.3 Å². The molecule has 2 N–H and O–H groups in total. The molecule has 0 radical (unpaired) electrons. The highest BCUT2D eigenvalue weighted by Gasteiger charge is 2.07. The lowest BCUT2D eigenvalue weighted by atomic mass is 10.3. The average Bonchev–Trinajstić information content (AvgIpc) is 2.81. The molecule has 1 aromatic rings. The van der Waals surface area contributed by atoms with Crippen molar-refractivity contribution in [2.24, 2.45) is 0 Å². The van der Waals surface area contributed by atoms with E-state index in [0.717, 1.165) is 30.7 Å². The number of hydrogen-bond acceptors (Lipinski definition) is 6. The zero-order chi connectivity index (χ0) is 13.2. The van der Waals surface area contributed by atoms with Gasteiger partial charge >= 0.3 is 5.97 Å². The van der Waals surface area contributed by atoms with Crippen LogP contribution in [-0.2, 0) is 9.47 Å². The first-order valence-corrected chi connectivity index (χ1v) is 6.55. The summed E-state index contributed by atoms with van der Waals surface area (Å²) in [5.74, 6) is -0.938. The minimum atomic E-state index is -0.938. The maximum Gasteiger partial charge on any atom is 0.347 e. The molecule has 1 heterocycles. The van der Waals surface area contributed by atoms with Crippen LogP contribution in [0.15, 0.2) is 6.20 Å².